The molecule has 0 bridgehead atoms. The van der Waals surface area contributed by atoms with E-state index in [2.05, 4.69) is 9.93 Å². The Balaban J connectivity index is 2.20. The molecule has 0 saturated heterocycles. The molecule has 0 aliphatic heterocycles. The summed E-state index contributed by atoms with van der Waals surface area (Å²) in [6.07, 6.45) is 1.37. The third-order valence-electron chi connectivity index (χ3n) is 3.14. The minimum atomic E-state index is -3.70. The van der Waals surface area contributed by atoms with E-state index in [1.54, 1.807) is 30.3 Å². The first-order chi connectivity index (χ1) is 11.0. The quantitative estimate of drug-likeness (QED) is 0.650. The van der Waals surface area contributed by atoms with Gasteiger partial charge in [-0.2, -0.15) is 13.5 Å². The zero-order valence-corrected chi connectivity index (χ0v) is 13.9. The molecule has 0 radical (unpaired) electrons. The number of nitrogens with one attached hydrogen (secondary N) is 1. The van der Waals surface area contributed by atoms with Crippen molar-refractivity contribution in [3.8, 4) is 11.5 Å². The van der Waals surface area contributed by atoms with E-state index in [0.717, 1.165) is 5.56 Å². The predicted octanol–water partition coefficient (Wildman–Crippen LogP) is 2.32. The van der Waals surface area contributed by atoms with Gasteiger partial charge in [0.2, 0.25) is 0 Å². The molecule has 0 atom stereocenters. The number of methoxy groups -OCH3 is 2. The molecule has 2 aromatic carbocycles. The number of sulfonamides is 1. The average Bonchev–Trinajstić information content (AvgIpc) is 2.54. The third kappa shape index (κ3) is 4.01. The number of hydrogen-bond donors (Lipinski definition) is 1. The Kier molecular flexibility index (Phi) is 5.23. The van der Waals surface area contributed by atoms with Gasteiger partial charge in [0.1, 0.15) is 0 Å². The van der Waals surface area contributed by atoms with E-state index in [0.29, 0.717) is 17.1 Å². The van der Waals surface area contributed by atoms with Gasteiger partial charge >= 0.3 is 0 Å². The number of benzene rings is 2. The van der Waals surface area contributed by atoms with Crippen LogP contribution in [0.4, 0.5) is 0 Å². The fourth-order valence-corrected chi connectivity index (χ4v) is 2.74. The molecule has 0 fully saturated rings. The van der Waals surface area contributed by atoms with Gasteiger partial charge in [0, 0.05) is 5.56 Å². The zero-order valence-electron chi connectivity index (χ0n) is 13.1. The largest absolute Gasteiger partial charge is 0.493 e. The molecule has 0 spiro atoms. The Bertz CT molecular complexity index is 799. The highest BCUT2D eigenvalue weighted by Crippen LogP contribution is 2.29. The van der Waals surface area contributed by atoms with Crippen molar-refractivity contribution < 1.29 is 17.9 Å². The van der Waals surface area contributed by atoms with Crippen LogP contribution in [0.25, 0.3) is 0 Å². The van der Waals surface area contributed by atoms with Gasteiger partial charge in [-0.15, -0.1) is 0 Å². The summed E-state index contributed by atoms with van der Waals surface area (Å²) >= 11 is 0. The minimum absolute atomic E-state index is 0.151. The SMILES string of the molecule is COc1cccc(/C=N\NS(=O)(=O)c2ccc(C)cc2)c1OC. The summed E-state index contributed by atoms with van der Waals surface area (Å²) in [6.45, 7) is 1.89. The summed E-state index contributed by atoms with van der Waals surface area (Å²) in [4.78, 5) is 2.33. The van der Waals surface area contributed by atoms with Crippen LogP contribution in [-0.2, 0) is 10.0 Å². The predicted molar refractivity (Wildman–Crippen MR) is 88.6 cm³/mol. The Hall–Kier alpha value is -2.54. The monoisotopic (exact) mass is 334 g/mol. The molecule has 0 aliphatic carbocycles. The summed E-state index contributed by atoms with van der Waals surface area (Å²) in [5, 5.41) is 3.80. The topological polar surface area (TPSA) is 77.0 Å². The van der Waals surface area contributed by atoms with Crippen molar-refractivity contribution in [1.82, 2.24) is 4.83 Å². The van der Waals surface area contributed by atoms with Gasteiger partial charge in [-0.1, -0.05) is 23.8 Å². The normalized spacial score (nSPS) is 11.4. The number of rotatable bonds is 6. The first kappa shape index (κ1) is 16.8. The van der Waals surface area contributed by atoms with Crippen molar-refractivity contribution in [2.24, 2.45) is 5.10 Å². The van der Waals surface area contributed by atoms with Crippen molar-refractivity contribution in [2.75, 3.05) is 14.2 Å². The van der Waals surface area contributed by atoms with Gasteiger partial charge in [0.15, 0.2) is 11.5 Å². The summed E-state index contributed by atoms with van der Waals surface area (Å²) in [5.74, 6) is 1.02. The van der Waals surface area contributed by atoms with Crippen LogP contribution in [0.1, 0.15) is 11.1 Å². The van der Waals surface area contributed by atoms with Gasteiger partial charge in [-0.3, -0.25) is 0 Å². The Morgan fingerprint density at radius 1 is 1.04 bits per heavy atom. The van der Waals surface area contributed by atoms with E-state index in [1.165, 1.54) is 32.6 Å². The molecule has 2 aromatic rings. The number of para-hydroxylation sites is 1. The lowest BCUT2D eigenvalue weighted by atomic mass is 10.2. The first-order valence-corrected chi connectivity index (χ1v) is 8.29. The lowest BCUT2D eigenvalue weighted by Crippen LogP contribution is -2.18. The standard InChI is InChI=1S/C16H18N2O4S/c1-12-7-9-14(10-8-12)23(19,20)18-17-11-13-5-4-6-15(21-2)16(13)22-3/h4-11,18H,1-3H3/b17-11-. The summed E-state index contributed by atoms with van der Waals surface area (Å²) in [7, 11) is -0.670. The van der Waals surface area contributed by atoms with Crippen LogP contribution in [0.3, 0.4) is 0 Å². The average molecular weight is 334 g/mol. The van der Waals surface area contributed by atoms with Gasteiger partial charge < -0.3 is 9.47 Å². The molecule has 1 N–H and O–H groups in total. The molecule has 0 unspecified atom stereocenters. The highest BCUT2D eigenvalue weighted by Gasteiger charge is 2.12. The van der Waals surface area contributed by atoms with Crippen LogP contribution >= 0.6 is 0 Å². The van der Waals surface area contributed by atoms with Crippen molar-refractivity contribution in [3.05, 3.63) is 53.6 Å². The maximum absolute atomic E-state index is 12.1. The number of hydrogen-bond acceptors (Lipinski definition) is 5. The lowest BCUT2D eigenvalue weighted by molar-refractivity contribution is 0.354. The molecule has 122 valence electrons. The van der Waals surface area contributed by atoms with Crippen molar-refractivity contribution >= 4 is 16.2 Å². The van der Waals surface area contributed by atoms with Crippen LogP contribution in [0.15, 0.2) is 52.5 Å². The summed E-state index contributed by atoms with van der Waals surface area (Å²) in [5.41, 5.74) is 1.58. The zero-order chi connectivity index (χ0) is 16.9. The van der Waals surface area contributed by atoms with Crippen LogP contribution < -0.4 is 14.3 Å². The van der Waals surface area contributed by atoms with E-state index in [1.807, 2.05) is 6.92 Å². The Labute approximate surface area is 135 Å². The van der Waals surface area contributed by atoms with Gasteiger partial charge in [-0.25, -0.2) is 4.83 Å². The molecule has 0 heterocycles. The molecule has 0 amide bonds. The molecule has 23 heavy (non-hydrogen) atoms. The molecular formula is C16H18N2O4S. The van der Waals surface area contributed by atoms with Crippen molar-refractivity contribution in [2.45, 2.75) is 11.8 Å². The maximum Gasteiger partial charge on any atom is 0.276 e. The fourth-order valence-electron chi connectivity index (χ4n) is 1.95. The molecule has 0 aliphatic rings. The highest BCUT2D eigenvalue weighted by molar-refractivity contribution is 7.89. The van der Waals surface area contributed by atoms with E-state index in [9.17, 15) is 8.42 Å². The lowest BCUT2D eigenvalue weighted by Gasteiger charge is -2.09. The number of aryl methyl sites for hydroxylation is 1. The van der Waals surface area contributed by atoms with E-state index in [4.69, 9.17) is 9.47 Å². The smallest absolute Gasteiger partial charge is 0.276 e. The van der Waals surface area contributed by atoms with Crippen LogP contribution in [0, 0.1) is 6.92 Å². The van der Waals surface area contributed by atoms with Crippen molar-refractivity contribution in [1.29, 1.82) is 0 Å². The molecule has 6 nitrogen and oxygen atoms in total. The fraction of sp³-hybridized carbons (Fsp3) is 0.188. The molecule has 7 heteroatoms. The number of hydrazone groups is 1. The van der Waals surface area contributed by atoms with E-state index in [-0.39, 0.29) is 4.90 Å². The maximum atomic E-state index is 12.1. The van der Waals surface area contributed by atoms with Gasteiger partial charge in [-0.05, 0) is 31.2 Å². The molecule has 2 rings (SSSR count). The van der Waals surface area contributed by atoms with Crippen LogP contribution in [0.2, 0.25) is 0 Å². The summed E-state index contributed by atoms with van der Waals surface area (Å²) in [6, 6.07) is 11.8. The molecular weight excluding hydrogens is 316 g/mol. The number of nitrogens with zero attached hydrogens (tertiary/aromatic N) is 1. The molecule has 0 aromatic heterocycles. The van der Waals surface area contributed by atoms with Crippen LogP contribution in [0.5, 0.6) is 11.5 Å². The second-order valence-corrected chi connectivity index (χ2v) is 6.41. The summed E-state index contributed by atoms with van der Waals surface area (Å²) < 4.78 is 34.7. The van der Waals surface area contributed by atoms with Crippen LogP contribution in [-0.4, -0.2) is 28.9 Å². The van der Waals surface area contributed by atoms with Gasteiger partial charge in [0.05, 0.1) is 25.3 Å². The Morgan fingerprint density at radius 2 is 1.74 bits per heavy atom. The number of ether oxygens (including phenoxy) is 2. The second kappa shape index (κ2) is 7.15. The molecule has 0 saturated carbocycles. The van der Waals surface area contributed by atoms with E-state index >= 15 is 0 Å². The highest BCUT2D eigenvalue weighted by atomic mass is 32.2. The third-order valence-corrected chi connectivity index (χ3v) is 4.38. The van der Waals surface area contributed by atoms with E-state index < -0.39 is 10.0 Å². The minimum Gasteiger partial charge on any atom is -0.493 e. The van der Waals surface area contributed by atoms with Crippen molar-refractivity contribution in [3.63, 3.8) is 0 Å². The first-order valence-electron chi connectivity index (χ1n) is 6.80. The second-order valence-electron chi connectivity index (χ2n) is 4.75. The van der Waals surface area contributed by atoms with Gasteiger partial charge in [0.25, 0.3) is 10.0 Å². The Morgan fingerprint density at radius 3 is 2.35 bits per heavy atom.